The van der Waals surface area contributed by atoms with Gasteiger partial charge in [0.2, 0.25) is 0 Å². The van der Waals surface area contributed by atoms with E-state index >= 15 is 0 Å². The van der Waals surface area contributed by atoms with E-state index in [0.29, 0.717) is 22.9 Å². The van der Waals surface area contributed by atoms with Crippen LogP contribution in [0.2, 0.25) is 5.02 Å². The molecule has 0 unspecified atom stereocenters. The molecule has 23 heavy (non-hydrogen) atoms. The molecule has 0 aliphatic carbocycles. The molecule has 1 aromatic heterocycles. The average Bonchev–Trinajstić information content (AvgIpc) is 2.58. The van der Waals surface area contributed by atoms with Crippen LogP contribution in [-0.4, -0.2) is 16.9 Å². The van der Waals surface area contributed by atoms with E-state index in [2.05, 4.69) is 5.10 Å². The van der Waals surface area contributed by atoms with Gasteiger partial charge in [0.15, 0.2) is 5.75 Å². The monoisotopic (exact) mass is 326 g/mol. The normalized spacial score (nSPS) is 10.5. The van der Waals surface area contributed by atoms with E-state index in [1.165, 1.54) is 11.8 Å². The Kier molecular flexibility index (Phi) is 4.44. The smallest absolute Gasteiger partial charge is 0.278 e. The summed E-state index contributed by atoms with van der Waals surface area (Å²) in [4.78, 5) is 12.8. The largest absolute Gasteiger partial charge is 0.494 e. The Labute approximate surface area is 138 Å². The van der Waals surface area contributed by atoms with E-state index in [9.17, 15) is 4.79 Å². The predicted molar refractivity (Wildman–Crippen MR) is 91.0 cm³/mol. The number of hydrogen-bond acceptors (Lipinski definition) is 3. The fraction of sp³-hybridized carbons (Fsp3) is 0.111. The minimum atomic E-state index is -0.199. The van der Waals surface area contributed by atoms with Crippen LogP contribution < -0.4 is 10.3 Å². The lowest BCUT2D eigenvalue weighted by Crippen LogP contribution is -2.25. The SMILES string of the molecule is COc1cnn(Cc2ccccc2)c(=O)c1-c1ccc(Cl)cc1. The average molecular weight is 327 g/mol. The van der Waals surface area contributed by atoms with Gasteiger partial charge in [0.25, 0.3) is 5.56 Å². The minimum Gasteiger partial charge on any atom is -0.494 e. The lowest BCUT2D eigenvalue weighted by molar-refractivity contribution is 0.409. The summed E-state index contributed by atoms with van der Waals surface area (Å²) in [5.74, 6) is 0.446. The van der Waals surface area contributed by atoms with Crippen LogP contribution in [0.1, 0.15) is 5.56 Å². The Hall–Kier alpha value is -2.59. The molecular formula is C18H15ClN2O2. The summed E-state index contributed by atoms with van der Waals surface area (Å²) in [7, 11) is 1.53. The number of rotatable bonds is 4. The van der Waals surface area contributed by atoms with Gasteiger partial charge in [0, 0.05) is 5.02 Å². The van der Waals surface area contributed by atoms with Gasteiger partial charge in [0.05, 0.1) is 25.4 Å². The van der Waals surface area contributed by atoms with E-state index in [4.69, 9.17) is 16.3 Å². The highest BCUT2D eigenvalue weighted by Crippen LogP contribution is 2.26. The fourth-order valence-electron chi connectivity index (χ4n) is 2.38. The zero-order valence-electron chi connectivity index (χ0n) is 12.6. The molecule has 3 rings (SSSR count). The number of nitrogens with zero attached hydrogens (tertiary/aromatic N) is 2. The van der Waals surface area contributed by atoms with Crippen molar-refractivity contribution in [2.24, 2.45) is 0 Å². The maximum Gasteiger partial charge on any atom is 0.278 e. The molecule has 0 saturated heterocycles. The van der Waals surface area contributed by atoms with Crippen molar-refractivity contribution in [3.63, 3.8) is 0 Å². The molecule has 0 spiro atoms. The van der Waals surface area contributed by atoms with Gasteiger partial charge in [-0.05, 0) is 23.3 Å². The molecule has 0 saturated carbocycles. The van der Waals surface area contributed by atoms with Crippen LogP contribution in [0.3, 0.4) is 0 Å². The summed E-state index contributed by atoms with van der Waals surface area (Å²) in [6.07, 6.45) is 1.56. The van der Waals surface area contributed by atoms with Gasteiger partial charge < -0.3 is 4.74 Å². The summed E-state index contributed by atoms with van der Waals surface area (Å²) in [6, 6.07) is 16.8. The third-order valence-corrected chi connectivity index (χ3v) is 3.79. The summed E-state index contributed by atoms with van der Waals surface area (Å²) < 4.78 is 6.74. The number of aromatic nitrogens is 2. The maximum atomic E-state index is 12.8. The third kappa shape index (κ3) is 3.27. The molecule has 0 bridgehead atoms. The number of methoxy groups -OCH3 is 1. The highest BCUT2D eigenvalue weighted by atomic mass is 35.5. The molecule has 0 atom stereocenters. The van der Waals surface area contributed by atoms with Crippen molar-refractivity contribution in [1.29, 1.82) is 0 Å². The molecule has 3 aromatic rings. The number of ether oxygens (including phenoxy) is 1. The minimum absolute atomic E-state index is 0.199. The molecule has 2 aromatic carbocycles. The van der Waals surface area contributed by atoms with Crippen molar-refractivity contribution < 1.29 is 4.74 Å². The van der Waals surface area contributed by atoms with Crippen LogP contribution in [0.15, 0.2) is 65.6 Å². The fourth-order valence-corrected chi connectivity index (χ4v) is 2.51. The van der Waals surface area contributed by atoms with Crippen molar-refractivity contribution in [3.05, 3.63) is 81.7 Å². The Balaban J connectivity index is 2.09. The second kappa shape index (κ2) is 6.67. The van der Waals surface area contributed by atoms with Crippen LogP contribution in [0.25, 0.3) is 11.1 Å². The van der Waals surface area contributed by atoms with Crippen molar-refractivity contribution in [2.45, 2.75) is 6.54 Å². The van der Waals surface area contributed by atoms with E-state index in [1.54, 1.807) is 30.5 Å². The second-order valence-corrected chi connectivity index (χ2v) is 5.48. The van der Waals surface area contributed by atoms with Crippen LogP contribution in [0.4, 0.5) is 0 Å². The topological polar surface area (TPSA) is 44.1 Å². The van der Waals surface area contributed by atoms with Gasteiger partial charge in [-0.1, -0.05) is 54.1 Å². The first kappa shape index (κ1) is 15.3. The number of benzene rings is 2. The lowest BCUT2D eigenvalue weighted by atomic mass is 10.1. The predicted octanol–water partition coefficient (Wildman–Crippen LogP) is 3.62. The van der Waals surface area contributed by atoms with Gasteiger partial charge in [0.1, 0.15) is 0 Å². The molecule has 0 aliphatic rings. The molecule has 4 nitrogen and oxygen atoms in total. The molecule has 0 aliphatic heterocycles. The molecule has 0 amide bonds. The third-order valence-electron chi connectivity index (χ3n) is 3.54. The molecule has 0 fully saturated rings. The van der Waals surface area contributed by atoms with Crippen LogP contribution in [0.5, 0.6) is 5.75 Å². The van der Waals surface area contributed by atoms with Gasteiger partial charge >= 0.3 is 0 Å². The lowest BCUT2D eigenvalue weighted by Gasteiger charge is -2.11. The standard InChI is InChI=1S/C18H15ClN2O2/c1-23-16-11-20-21(12-13-5-3-2-4-6-13)18(22)17(16)14-7-9-15(19)10-8-14/h2-11H,12H2,1H3. The van der Waals surface area contributed by atoms with Crippen LogP contribution in [0, 0.1) is 0 Å². The quantitative estimate of drug-likeness (QED) is 0.735. The Morgan fingerprint density at radius 2 is 1.78 bits per heavy atom. The van der Waals surface area contributed by atoms with Crippen molar-refractivity contribution in [2.75, 3.05) is 7.11 Å². The van der Waals surface area contributed by atoms with Crippen LogP contribution >= 0.6 is 11.6 Å². The zero-order valence-corrected chi connectivity index (χ0v) is 13.3. The summed E-state index contributed by atoms with van der Waals surface area (Å²) >= 11 is 5.92. The summed E-state index contributed by atoms with van der Waals surface area (Å²) in [6.45, 7) is 0.407. The molecule has 116 valence electrons. The Morgan fingerprint density at radius 3 is 2.43 bits per heavy atom. The number of halogens is 1. The van der Waals surface area contributed by atoms with E-state index in [0.717, 1.165) is 11.1 Å². The highest BCUT2D eigenvalue weighted by Gasteiger charge is 2.14. The van der Waals surface area contributed by atoms with E-state index < -0.39 is 0 Å². The molecular weight excluding hydrogens is 312 g/mol. The van der Waals surface area contributed by atoms with Crippen molar-refractivity contribution >= 4 is 11.6 Å². The Bertz CT molecular complexity index is 858. The zero-order chi connectivity index (χ0) is 16.2. The second-order valence-electron chi connectivity index (χ2n) is 5.04. The summed E-state index contributed by atoms with van der Waals surface area (Å²) in [5.41, 5.74) is 2.04. The van der Waals surface area contributed by atoms with E-state index in [1.807, 2.05) is 30.3 Å². The molecule has 0 N–H and O–H groups in total. The van der Waals surface area contributed by atoms with Gasteiger partial charge in [-0.15, -0.1) is 0 Å². The summed E-state index contributed by atoms with van der Waals surface area (Å²) in [5, 5.41) is 4.82. The molecule has 5 heteroatoms. The van der Waals surface area contributed by atoms with Crippen molar-refractivity contribution in [3.8, 4) is 16.9 Å². The van der Waals surface area contributed by atoms with Crippen molar-refractivity contribution in [1.82, 2.24) is 9.78 Å². The van der Waals surface area contributed by atoms with Gasteiger partial charge in [-0.25, -0.2) is 4.68 Å². The van der Waals surface area contributed by atoms with Gasteiger partial charge in [-0.3, -0.25) is 4.79 Å². The first-order valence-corrected chi connectivity index (χ1v) is 7.51. The first-order chi connectivity index (χ1) is 11.2. The van der Waals surface area contributed by atoms with Crippen LogP contribution in [-0.2, 0) is 6.54 Å². The maximum absolute atomic E-state index is 12.8. The van der Waals surface area contributed by atoms with Gasteiger partial charge in [-0.2, -0.15) is 5.10 Å². The first-order valence-electron chi connectivity index (χ1n) is 7.13. The number of hydrogen-bond donors (Lipinski definition) is 0. The highest BCUT2D eigenvalue weighted by molar-refractivity contribution is 6.30. The molecule has 0 radical (unpaired) electrons. The van der Waals surface area contributed by atoms with E-state index in [-0.39, 0.29) is 5.56 Å². The Morgan fingerprint density at radius 1 is 1.09 bits per heavy atom. The molecule has 1 heterocycles.